The Kier molecular flexibility index (Phi) is 4.69. The third-order valence-electron chi connectivity index (χ3n) is 3.69. The summed E-state index contributed by atoms with van der Waals surface area (Å²) in [6.45, 7) is 1.93. The molecule has 2 N–H and O–H groups in total. The lowest BCUT2D eigenvalue weighted by Crippen LogP contribution is -2.37. The molecule has 0 aromatic heterocycles. The van der Waals surface area contributed by atoms with Gasteiger partial charge in [0.1, 0.15) is 4.90 Å². The number of hydrogen-bond donors (Lipinski definition) is 2. The molecule has 8 heteroatoms. The van der Waals surface area contributed by atoms with Crippen molar-refractivity contribution in [2.45, 2.75) is 37.1 Å². The zero-order valence-electron chi connectivity index (χ0n) is 11.3. The van der Waals surface area contributed by atoms with Gasteiger partial charge in [-0.05, 0) is 30.9 Å². The van der Waals surface area contributed by atoms with Gasteiger partial charge in [-0.3, -0.25) is 0 Å². The summed E-state index contributed by atoms with van der Waals surface area (Å²) in [7, 11) is -4.10. The number of hydrogen-bond acceptors (Lipinski definition) is 3. The molecule has 2 atom stereocenters. The SMILES string of the molecule is CC1CCCC1NS(=O)(=O)c1cc(Br)cc(C(=O)O)c1F. The summed E-state index contributed by atoms with van der Waals surface area (Å²) < 4.78 is 41.5. The Hall–Kier alpha value is -0.990. The summed E-state index contributed by atoms with van der Waals surface area (Å²) in [4.78, 5) is 10.3. The lowest BCUT2D eigenvalue weighted by Gasteiger charge is -2.18. The molecular formula is C13H15BrFNO4S. The fourth-order valence-corrected chi connectivity index (χ4v) is 4.61. The van der Waals surface area contributed by atoms with Crippen LogP contribution in [0.3, 0.4) is 0 Å². The quantitative estimate of drug-likeness (QED) is 0.842. The van der Waals surface area contributed by atoms with Crippen molar-refractivity contribution in [2.75, 3.05) is 0 Å². The van der Waals surface area contributed by atoms with E-state index < -0.39 is 32.3 Å². The van der Waals surface area contributed by atoms with Crippen molar-refractivity contribution in [3.63, 3.8) is 0 Å². The average Bonchev–Trinajstić information content (AvgIpc) is 2.76. The van der Waals surface area contributed by atoms with Crippen LogP contribution in [0, 0.1) is 11.7 Å². The molecule has 1 fully saturated rings. The third-order valence-corrected chi connectivity index (χ3v) is 5.64. The number of carboxylic acids is 1. The first-order chi connectivity index (χ1) is 9.72. The van der Waals surface area contributed by atoms with E-state index in [1.165, 1.54) is 0 Å². The van der Waals surface area contributed by atoms with Gasteiger partial charge < -0.3 is 5.11 Å². The fourth-order valence-electron chi connectivity index (χ4n) is 2.50. The first-order valence-corrected chi connectivity index (χ1v) is 8.74. The normalized spacial score (nSPS) is 22.4. The molecule has 0 aliphatic heterocycles. The highest BCUT2D eigenvalue weighted by molar-refractivity contribution is 9.10. The summed E-state index contributed by atoms with van der Waals surface area (Å²) in [6.07, 6.45) is 2.52. The van der Waals surface area contributed by atoms with Gasteiger partial charge in [-0.1, -0.05) is 29.3 Å². The van der Waals surface area contributed by atoms with Gasteiger partial charge in [0.05, 0.1) is 5.56 Å². The summed E-state index contributed by atoms with van der Waals surface area (Å²) in [5.41, 5.74) is -0.677. The van der Waals surface area contributed by atoms with Gasteiger partial charge in [0.2, 0.25) is 10.0 Å². The number of benzene rings is 1. The number of nitrogens with one attached hydrogen (secondary N) is 1. The molecule has 21 heavy (non-hydrogen) atoms. The maximum Gasteiger partial charge on any atom is 0.338 e. The van der Waals surface area contributed by atoms with E-state index in [0.29, 0.717) is 6.42 Å². The summed E-state index contributed by atoms with van der Waals surface area (Å²) in [5, 5.41) is 8.93. The molecule has 1 aromatic rings. The second-order valence-corrected chi connectivity index (χ2v) is 7.80. The van der Waals surface area contributed by atoms with Crippen molar-refractivity contribution in [1.29, 1.82) is 0 Å². The summed E-state index contributed by atoms with van der Waals surface area (Å²) >= 11 is 3.01. The largest absolute Gasteiger partial charge is 0.478 e. The van der Waals surface area contributed by atoms with Crippen LogP contribution < -0.4 is 4.72 Å². The van der Waals surface area contributed by atoms with Crippen molar-refractivity contribution in [3.8, 4) is 0 Å². The monoisotopic (exact) mass is 379 g/mol. The molecule has 2 rings (SSSR count). The van der Waals surface area contributed by atoms with Crippen LogP contribution in [-0.4, -0.2) is 25.5 Å². The van der Waals surface area contributed by atoms with Crippen molar-refractivity contribution in [3.05, 3.63) is 28.0 Å². The van der Waals surface area contributed by atoms with Crippen LogP contribution in [-0.2, 0) is 10.0 Å². The van der Waals surface area contributed by atoms with Crippen molar-refractivity contribution >= 4 is 31.9 Å². The van der Waals surface area contributed by atoms with E-state index in [1.54, 1.807) is 0 Å². The van der Waals surface area contributed by atoms with Crippen molar-refractivity contribution < 1.29 is 22.7 Å². The molecule has 0 heterocycles. The Morgan fingerprint density at radius 1 is 1.43 bits per heavy atom. The lowest BCUT2D eigenvalue weighted by molar-refractivity contribution is 0.0691. The molecule has 0 bridgehead atoms. The molecule has 0 spiro atoms. The van der Waals surface area contributed by atoms with Crippen LogP contribution in [0.2, 0.25) is 0 Å². The minimum atomic E-state index is -4.10. The smallest absolute Gasteiger partial charge is 0.338 e. The Morgan fingerprint density at radius 2 is 2.10 bits per heavy atom. The van der Waals surface area contributed by atoms with Crippen molar-refractivity contribution in [1.82, 2.24) is 4.72 Å². The highest BCUT2D eigenvalue weighted by Crippen LogP contribution is 2.28. The topological polar surface area (TPSA) is 83.5 Å². The van der Waals surface area contributed by atoms with E-state index >= 15 is 0 Å². The van der Waals surface area contributed by atoms with Gasteiger partial charge in [0.25, 0.3) is 0 Å². The summed E-state index contributed by atoms with van der Waals surface area (Å²) in [6, 6.07) is 1.86. The zero-order valence-corrected chi connectivity index (χ0v) is 13.7. The third kappa shape index (κ3) is 3.44. The van der Waals surface area contributed by atoms with Crippen LogP contribution >= 0.6 is 15.9 Å². The predicted molar refractivity (Wildman–Crippen MR) is 78.2 cm³/mol. The Balaban J connectivity index is 2.42. The molecule has 1 saturated carbocycles. The average molecular weight is 380 g/mol. The van der Waals surface area contributed by atoms with Crippen molar-refractivity contribution in [2.24, 2.45) is 5.92 Å². The predicted octanol–water partition coefficient (Wildman–Crippen LogP) is 2.75. The molecule has 0 amide bonds. The van der Waals surface area contributed by atoms with Crippen LogP contribution in [0.5, 0.6) is 0 Å². The first-order valence-electron chi connectivity index (χ1n) is 6.47. The van der Waals surface area contributed by atoms with Gasteiger partial charge >= 0.3 is 5.97 Å². The van der Waals surface area contributed by atoms with E-state index in [9.17, 15) is 17.6 Å². The number of halogens is 2. The fraction of sp³-hybridized carbons (Fsp3) is 0.462. The molecule has 5 nitrogen and oxygen atoms in total. The maximum absolute atomic E-state index is 14.1. The van der Waals surface area contributed by atoms with E-state index in [4.69, 9.17) is 5.11 Å². The van der Waals surface area contributed by atoms with Crippen LogP contribution in [0.4, 0.5) is 4.39 Å². The molecule has 0 saturated heterocycles. The van der Waals surface area contributed by atoms with Gasteiger partial charge in [0, 0.05) is 10.5 Å². The molecule has 2 unspecified atom stereocenters. The first kappa shape index (κ1) is 16.4. The molecule has 1 aromatic carbocycles. The number of sulfonamides is 1. The van der Waals surface area contributed by atoms with Gasteiger partial charge in [0.15, 0.2) is 5.82 Å². The summed E-state index contributed by atoms with van der Waals surface area (Å²) in [5.74, 6) is -2.59. The molecule has 1 aliphatic rings. The van der Waals surface area contributed by atoms with Gasteiger partial charge in [-0.15, -0.1) is 0 Å². The highest BCUT2D eigenvalue weighted by Gasteiger charge is 2.31. The minimum absolute atomic E-state index is 0.175. The maximum atomic E-state index is 14.1. The molecule has 116 valence electrons. The zero-order chi connectivity index (χ0) is 15.8. The lowest BCUT2D eigenvalue weighted by atomic mass is 10.1. The Bertz CT molecular complexity index is 677. The molecular weight excluding hydrogens is 365 g/mol. The number of aromatic carboxylic acids is 1. The highest BCUT2D eigenvalue weighted by atomic mass is 79.9. The van der Waals surface area contributed by atoms with Gasteiger partial charge in [-0.2, -0.15) is 0 Å². The number of carbonyl (C=O) groups is 1. The second-order valence-electron chi connectivity index (χ2n) is 5.21. The minimum Gasteiger partial charge on any atom is -0.478 e. The van der Waals surface area contributed by atoms with E-state index in [2.05, 4.69) is 20.7 Å². The number of rotatable bonds is 4. The second kappa shape index (κ2) is 6.02. The van der Waals surface area contributed by atoms with Crippen LogP contribution in [0.25, 0.3) is 0 Å². The van der Waals surface area contributed by atoms with Crippen LogP contribution in [0.15, 0.2) is 21.5 Å². The number of carboxylic acid groups (broad SMARTS) is 1. The van der Waals surface area contributed by atoms with E-state index in [1.807, 2.05) is 6.92 Å². The van der Waals surface area contributed by atoms with Crippen LogP contribution in [0.1, 0.15) is 36.5 Å². The van der Waals surface area contributed by atoms with E-state index in [0.717, 1.165) is 25.0 Å². The molecule has 1 aliphatic carbocycles. The molecule has 0 radical (unpaired) electrons. The van der Waals surface area contributed by atoms with Gasteiger partial charge in [-0.25, -0.2) is 22.3 Å². The van der Waals surface area contributed by atoms with E-state index in [-0.39, 0.29) is 16.4 Å². The standard InChI is InChI=1S/C13H15BrFNO4S/c1-7-3-2-4-10(7)16-21(19,20)11-6-8(14)5-9(12(11)15)13(17)18/h5-7,10,16H,2-4H2,1H3,(H,17,18). The Labute approximate surface area is 130 Å². The Morgan fingerprint density at radius 3 is 2.62 bits per heavy atom.